The SMILES string of the molecule is CC(N)=S.O.O.O=S(=O)([O-])[O-].[Ca+2]. The van der Waals surface area contributed by atoms with Gasteiger partial charge in [0.05, 0.1) is 4.99 Å². The molecule has 0 rings (SSSR count). The molecule has 0 aliphatic rings. The first-order chi connectivity index (χ1) is 3.73. The van der Waals surface area contributed by atoms with Crippen molar-refractivity contribution in [1.82, 2.24) is 0 Å². The summed E-state index contributed by atoms with van der Waals surface area (Å²) in [7, 11) is -5.17. The van der Waals surface area contributed by atoms with E-state index in [1.165, 1.54) is 0 Å². The minimum atomic E-state index is -5.17. The zero-order chi connectivity index (χ0) is 8.08. The van der Waals surface area contributed by atoms with E-state index in [9.17, 15) is 0 Å². The van der Waals surface area contributed by atoms with E-state index in [2.05, 4.69) is 12.2 Å². The molecule has 72 valence electrons. The van der Waals surface area contributed by atoms with Crippen LogP contribution in [0.15, 0.2) is 0 Å². The predicted molar refractivity (Wildman–Crippen MR) is 45.9 cm³/mol. The summed E-state index contributed by atoms with van der Waals surface area (Å²) in [6.07, 6.45) is 0. The predicted octanol–water partition coefficient (Wildman–Crippen LogP) is -3.08. The molecule has 0 bridgehead atoms. The molecule has 6 N–H and O–H groups in total. The fourth-order valence-electron chi connectivity index (χ4n) is 0. The molecule has 0 spiro atoms. The molecule has 12 heavy (non-hydrogen) atoms. The molecular formula is C2H9CaNO6S2. The number of nitrogens with two attached hydrogens (primary N) is 1. The fourth-order valence-corrected chi connectivity index (χ4v) is 0. The minimum absolute atomic E-state index is 0. The van der Waals surface area contributed by atoms with Crippen LogP contribution in [0, 0.1) is 0 Å². The van der Waals surface area contributed by atoms with E-state index < -0.39 is 10.4 Å². The van der Waals surface area contributed by atoms with Gasteiger partial charge < -0.3 is 25.8 Å². The van der Waals surface area contributed by atoms with Gasteiger partial charge in [0, 0.05) is 10.4 Å². The van der Waals surface area contributed by atoms with Crippen molar-refractivity contribution in [3.63, 3.8) is 0 Å². The summed E-state index contributed by atoms with van der Waals surface area (Å²) in [6.45, 7) is 1.68. The van der Waals surface area contributed by atoms with E-state index in [-0.39, 0.29) is 48.7 Å². The number of hydrogen-bond donors (Lipinski definition) is 1. The van der Waals surface area contributed by atoms with Crippen molar-refractivity contribution in [2.24, 2.45) is 5.73 Å². The van der Waals surface area contributed by atoms with Crippen LogP contribution >= 0.6 is 12.2 Å². The zero-order valence-corrected chi connectivity index (χ0v) is 10.1. The van der Waals surface area contributed by atoms with Crippen LogP contribution in [0.2, 0.25) is 0 Å². The molecule has 0 aromatic rings. The molecule has 0 amide bonds. The van der Waals surface area contributed by atoms with Gasteiger partial charge in [-0.2, -0.15) is 0 Å². The Kier molecular flexibility index (Phi) is 35.3. The summed E-state index contributed by atoms with van der Waals surface area (Å²) in [4.78, 5) is 0.500. The van der Waals surface area contributed by atoms with E-state index in [4.69, 9.17) is 23.3 Å². The van der Waals surface area contributed by atoms with Crippen LogP contribution in [-0.2, 0) is 10.4 Å². The van der Waals surface area contributed by atoms with Crippen LogP contribution in [0.5, 0.6) is 0 Å². The fraction of sp³-hybridized carbons (Fsp3) is 0.500. The number of rotatable bonds is 0. The molecule has 0 aliphatic carbocycles. The summed E-state index contributed by atoms with van der Waals surface area (Å²) in [5.41, 5.74) is 4.84. The Hall–Kier alpha value is 0.940. The summed E-state index contributed by atoms with van der Waals surface area (Å²) >= 11 is 4.31. The smallest absolute Gasteiger partial charge is 0.759 e. The Morgan fingerprint density at radius 2 is 1.33 bits per heavy atom. The number of hydrogen-bond acceptors (Lipinski definition) is 5. The van der Waals surface area contributed by atoms with E-state index in [1.807, 2.05) is 0 Å². The van der Waals surface area contributed by atoms with Crippen molar-refractivity contribution in [1.29, 1.82) is 0 Å². The zero-order valence-electron chi connectivity index (χ0n) is 6.23. The second-order valence-corrected chi connectivity index (χ2v) is 2.48. The Balaban J connectivity index is -0.0000000221. The molecule has 0 radical (unpaired) electrons. The van der Waals surface area contributed by atoms with Crippen molar-refractivity contribution in [2.75, 3.05) is 0 Å². The van der Waals surface area contributed by atoms with Gasteiger partial charge >= 0.3 is 37.7 Å². The van der Waals surface area contributed by atoms with Gasteiger partial charge in [0.25, 0.3) is 0 Å². The van der Waals surface area contributed by atoms with E-state index in [1.54, 1.807) is 6.92 Å². The largest absolute Gasteiger partial charge is 2.00 e. The van der Waals surface area contributed by atoms with E-state index in [0.717, 1.165) is 0 Å². The van der Waals surface area contributed by atoms with Gasteiger partial charge in [-0.1, -0.05) is 12.2 Å². The third-order valence-electron chi connectivity index (χ3n) is 0. The normalized spacial score (nSPS) is 6.92. The molecule has 10 heteroatoms. The maximum Gasteiger partial charge on any atom is 2.00 e. The van der Waals surface area contributed by atoms with Crippen molar-refractivity contribution in [3.8, 4) is 0 Å². The van der Waals surface area contributed by atoms with E-state index in [0.29, 0.717) is 4.99 Å². The van der Waals surface area contributed by atoms with Crippen LogP contribution in [0.4, 0.5) is 0 Å². The van der Waals surface area contributed by atoms with Crippen molar-refractivity contribution in [3.05, 3.63) is 0 Å². The Morgan fingerprint density at radius 1 is 1.33 bits per heavy atom. The molecule has 7 nitrogen and oxygen atoms in total. The molecule has 0 atom stereocenters. The average Bonchev–Trinajstić information content (AvgIpc) is 1.19. The van der Waals surface area contributed by atoms with Crippen molar-refractivity contribution >= 4 is 65.3 Å². The molecule has 0 fully saturated rings. The van der Waals surface area contributed by atoms with Crippen LogP contribution in [0.25, 0.3) is 0 Å². The third kappa shape index (κ3) is 1220. The van der Waals surface area contributed by atoms with Crippen LogP contribution < -0.4 is 5.73 Å². The molecule has 0 aromatic carbocycles. The molecule has 0 saturated carbocycles. The topological polar surface area (TPSA) is 169 Å². The van der Waals surface area contributed by atoms with Crippen LogP contribution in [-0.4, -0.2) is 71.2 Å². The second-order valence-electron chi connectivity index (χ2n) is 1.02. The molecule has 0 heterocycles. The van der Waals surface area contributed by atoms with Gasteiger partial charge in [-0.25, -0.2) is 0 Å². The molecular weight excluding hydrogens is 238 g/mol. The van der Waals surface area contributed by atoms with Gasteiger partial charge in [0.2, 0.25) is 0 Å². The standard InChI is InChI=1S/C2H5NS.Ca.H2O4S.2H2O/c1-2(3)4;;1-5(2,3)4;;/h1H3,(H2,3,4);;(H2,1,2,3,4);2*1H2/q;+2;;;/p-2. The Bertz CT molecular complexity index is 166. The van der Waals surface area contributed by atoms with Gasteiger partial charge in [0.15, 0.2) is 0 Å². The third-order valence-corrected chi connectivity index (χ3v) is 0. The second kappa shape index (κ2) is 14.5. The monoisotopic (exact) mass is 247 g/mol. The maximum atomic E-state index is 8.52. The summed E-state index contributed by atoms with van der Waals surface area (Å²) in [6, 6.07) is 0. The van der Waals surface area contributed by atoms with Gasteiger partial charge in [0.1, 0.15) is 0 Å². The first kappa shape index (κ1) is 29.3. The molecule has 0 saturated heterocycles. The van der Waals surface area contributed by atoms with Gasteiger partial charge in [-0.3, -0.25) is 8.42 Å². The van der Waals surface area contributed by atoms with Gasteiger partial charge in [-0.05, 0) is 6.92 Å². The molecule has 0 aliphatic heterocycles. The average molecular weight is 247 g/mol. The minimum Gasteiger partial charge on any atom is -0.759 e. The van der Waals surface area contributed by atoms with Crippen molar-refractivity contribution in [2.45, 2.75) is 6.92 Å². The van der Waals surface area contributed by atoms with E-state index >= 15 is 0 Å². The molecule has 0 aromatic heterocycles. The maximum absolute atomic E-state index is 8.52. The first-order valence-electron chi connectivity index (χ1n) is 1.66. The van der Waals surface area contributed by atoms with Gasteiger partial charge in [-0.15, -0.1) is 0 Å². The van der Waals surface area contributed by atoms with Crippen molar-refractivity contribution < 1.29 is 28.5 Å². The Morgan fingerprint density at radius 3 is 1.33 bits per heavy atom. The quantitative estimate of drug-likeness (QED) is 0.206. The summed E-state index contributed by atoms with van der Waals surface area (Å²) in [5.74, 6) is 0. The summed E-state index contributed by atoms with van der Waals surface area (Å²) < 4.78 is 34.1. The van der Waals surface area contributed by atoms with Crippen LogP contribution in [0.1, 0.15) is 6.92 Å². The first-order valence-corrected chi connectivity index (χ1v) is 3.40. The van der Waals surface area contributed by atoms with Crippen LogP contribution in [0.3, 0.4) is 0 Å². The Labute approximate surface area is 106 Å². The number of thiocarbonyl (C=S) groups is 1. The molecule has 0 unspecified atom stereocenters. The summed E-state index contributed by atoms with van der Waals surface area (Å²) in [5, 5.41) is 0.